The number of hydrogen-bond acceptors (Lipinski definition) is 4. The summed E-state index contributed by atoms with van der Waals surface area (Å²) < 4.78 is 33.2. The normalized spacial score (nSPS) is 14.1. The Balaban J connectivity index is 1.21. The highest BCUT2D eigenvalue weighted by atomic mass is 16.5. The van der Waals surface area contributed by atoms with Crippen LogP contribution >= 0.6 is 0 Å². The molecule has 5 aromatic carbocycles. The number of hydrogen-bond donors (Lipinski definition) is 0. The molecule has 0 fully saturated rings. The van der Waals surface area contributed by atoms with Gasteiger partial charge in [0.2, 0.25) is 0 Å². The van der Waals surface area contributed by atoms with Crippen molar-refractivity contribution >= 4 is 38.9 Å². The molecule has 0 spiro atoms. The van der Waals surface area contributed by atoms with Crippen LogP contribution in [0.15, 0.2) is 121 Å². The van der Waals surface area contributed by atoms with Crippen LogP contribution in [0.3, 0.4) is 0 Å². The minimum Gasteiger partial charge on any atom is -0.457 e. The quantitative estimate of drug-likeness (QED) is 0.161. The van der Waals surface area contributed by atoms with E-state index in [-0.39, 0.29) is 6.67 Å². The number of fused-ring (bicyclic) bond motifs is 4. The monoisotopic (exact) mass is 673 g/mol. The molecule has 5 heteroatoms. The SMILES string of the molecule is [2H]C([2H])([2H])N1CN(c2cccc(Oc3ccc4c5ccccc5n(-c5cc(-c6c(C(C)C)cc(C(C)C)cc6C(C)C)ccn5)c4c3)c2)c2ccccc21. The van der Waals surface area contributed by atoms with E-state index in [1.807, 2.05) is 65.7 Å². The summed E-state index contributed by atoms with van der Waals surface area (Å²) in [6, 6.07) is 39.3. The number of para-hydroxylation sites is 3. The van der Waals surface area contributed by atoms with Crippen LogP contribution in [-0.4, -0.2) is 23.2 Å². The van der Waals surface area contributed by atoms with Gasteiger partial charge in [-0.25, -0.2) is 4.98 Å². The van der Waals surface area contributed by atoms with Gasteiger partial charge in [0.05, 0.1) is 29.1 Å². The first kappa shape index (κ1) is 29.2. The van der Waals surface area contributed by atoms with Crippen LogP contribution in [0.25, 0.3) is 38.8 Å². The topological polar surface area (TPSA) is 33.5 Å². The summed E-state index contributed by atoms with van der Waals surface area (Å²) in [5, 5.41) is 2.26. The second-order valence-corrected chi connectivity index (χ2v) is 14.6. The van der Waals surface area contributed by atoms with Crippen molar-refractivity contribution in [1.29, 1.82) is 0 Å². The van der Waals surface area contributed by atoms with Gasteiger partial charge in [0.1, 0.15) is 17.3 Å². The third-order valence-corrected chi connectivity index (χ3v) is 10.2. The van der Waals surface area contributed by atoms with Crippen LogP contribution in [0.1, 0.15) is 80.1 Å². The molecule has 0 unspecified atom stereocenters. The molecule has 7 aromatic rings. The van der Waals surface area contributed by atoms with E-state index in [1.54, 1.807) is 0 Å². The van der Waals surface area contributed by atoms with E-state index in [4.69, 9.17) is 13.8 Å². The molecule has 3 heterocycles. The van der Waals surface area contributed by atoms with Crippen molar-refractivity contribution < 1.29 is 8.85 Å². The first-order chi connectivity index (χ1) is 25.9. The molecule has 0 atom stereocenters. The number of nitrogens with zero attached hydrogens (tertiary/aromatic N) is 4. The third kappa shape index (κ3) is 5.81. The van der Waals surface area contributed by atoms with E-state index in [1.165, 1.54) is 32.7 Å². The van der Waals surface area contributed by atoms with Gasteiger partial charge in [0, 0.05) is 45.9 Å². The number of rotatable bonds is 8. The minimum absolute atomic E-state index is 0.219. The standard InChI is InChI=1S/C46H46N4O/c1-29(2)33-23-39(30(3)4)46(40(24-33)31(5)6)32-21-22-47-45(25-32)50-41-16-9-8-15-37(41)38-20-19-36(27-44(38)50)51-35-14-12-13-34(26-35)49-28-48(7)42-17-10-11-18-43(42)49/h8-27,29-31H,28H2,1-7H3/i7D3. The largest absolute Gasteiger partial charge is 0.457 e. The predicted octanol–water partition coefficient (Wildman–Crippen LogP) is 12.6. The lowest BCUT2D eigenvalue weighted by Gasteiger charge is -2.23. The van der Waals surface area contributed by atoms with E-state index in [2.05, 4.69) is 107 Å². The molecule has 0 saturated carbocycles. The number of aromatic nitrogens is 2. The Hall–Kier alpha value is -5.55. The zero-order chi connectivity index (χ0) is 37.9. The molecule has 0 amide bonds. The van der Waals surface area contributed by atoms with E-state index >= 15 is 0 Å². The summed E-state index contributed by atoms with van der Waals surface area (Å²) in [5.74, 6) is 3.37. The predicted molar refractivity (Wildman–Crippen MR) is 215 cm³/mol. The van der Waals surface area contributed by atoms with Crippen molar-refractivity contribution in [2.24, 2.45) is 0 Å². The Morgan fingerprint density at radius 1 is 0.647 bits per heavy atom. The van der Waals surface area contributed by atoms with E-state index in [0.29, 0.717) is 34.9 Å². The van der Waals surface area contributed by atoms with Gasteiger partial charge in [-0.1, -0.05) is 90.1 Å². The molecule has 256 valence electrons. The highest BCUT2D eigenvalue weighted by Gasteiger charge is 2.25. The fraction of sp³-hybridized carbons (Fsp3) is 0.239. The number of ether oxygens (including phenoxy) is 1. The number of benzene rings is 5. The maximum Gasteiger partial charge on any atom is 0.138 e. The van der Waals surface area contributed by atoms with Crippen molar-refractivity contribution in [2.75, 3.05) is 23.4 Å². The fourth-order valence-electron chi connectivity index (χ4n) is 7.53. The molecule has 51 heavy (non-hydrogen) atoms. The van der Waals surface area contributed by atoms with Crippen LogP contribution in [0.5, 0.6) is 11.5 Å². The van der Waals surface area contributed by atoms with Crippen molar-refractivity contribution in [1.82, 2.24) is 9.55 Å². The molecule has 0 bridgehead atoms. The van der Waals surface area contributed by atoms with Crippen LogP contribution < -0.4 is 14.5 Å². The molecular weight excluding hydrogens is 625 g/mol. The average Bonchev–Trinajstić information content (AvgIpc) is 3.71. The lowest BCUT2D eigenvalue weighted by molar-refractivity contribution is 0.483. The van der Waals surface area contributed by atoms with Gasteiger partial charge >= 0.3 is 0 Å². The molecule has 0 radical (unpaired) electrons. The van der Waals surface area contributed by atoms with E-state index < -0.39 is 6.98 Å². The van der Waals surface area contributed by atoms with Gasteiger partial charge in [0.15, 0.2) is 0 Å². The lowest BCUT2D eigenvalue weighted by Crippen LogP contribution is -2.23. The molecule has 0 saturated heterocycles. The summed E-state index contributed by atoms with van der Waals surface area (Å²) in [4.78, 5) is 8.46. The Bertz CT molecular complexity index is 2490. The molecule has 0 aliphatic carbocycles. The summed E-state index contributed by atoms with van der Waals surface area (Å²) in [6.07, 6.45) is 1.94. The second-order valence-electron chi connectivity index (χ2n) is 14.6. The van der Waals surface area contributed by atoms with Crippen molar-refractivity contribution in [3.8, 4) is 28.4 Å². The zero-order valence-corrected chi connectivity index (χ0v) is 30.2. The first-order valence-electron chi connectivity index (χ1n) is 19.5. The molecule has 1 aliphatic heterocycles. The zero-order valence-electron chi connectivity index (χ0n) is 33.2. The maximum atomic E-state index is 8.12. The highest BCUT2D eigenvalue weighted by molar-refractivity contribution is 6.09. The van der Waals surface area contributed by atoms with Crippen LogP contribution in [0.4, 0.5) is 17.1 Å². The van der Waals surface area contributed by atoms with Gasteiger partial charge in [-0.3, -0.25) is 4.57 Å². The van der Waals surface area contributed by atoms with Crippen LogP contribution in [-0.2, 0) is 0 Å². The Morgan fingerprint density at radius 2 is 1.35 bits per heavy atom. The Morgan fingerprint density at radius 3 is 2.10 bits per heavy atom. The van der Waals surface area contributed by atoms with Crippen molar-refractivity contribution in [3.63, 3.8) is 0 Å². The van der Waals surface area contributed by atoms with Gasteiger partial charge in [0.25, 0.3) is 0 Å². The molecule has 2 aromatic heterocycles. The lowest BCUT2D eigenvalue weighted by atomic mass is 9.82. The summed E-state index contributed by atoms with van der Waals surface area (Å²) in [5.41, 5.74) is 11.0. The molecule has 0 N–H and O–H groups in total. The maximum absolute atomic E-state index is 8.12. The second kappa shape index (κ2) is 13.0. The minimum atomic E-state index is -2.26. The summed E-state index contributed by atoms with van der Waals surface area (Å²) in [6.45, 7) is 11.7. The van der Waals surface area contributed by atoms with Gasteiger partial charge < -0.3 is 14.5 Å². The smallest absolute Gasteiger partial charge is 0.138 e. The molecular formula is C46H46N4O. The van der Waals surface area contributed by atoms with Crippen molar-refractivity contribution in [3.05, 3.63) is 138 Å². The molecule has 8 rings (SSSR count). The van der Waals surface area contributed by atoms with E-state index in [0.717, 1.165) is 39.0 Å². The van der Waals surface area contributed by atoms with Crippen LogP contribution in [0.2, 0.25) is 0 Å². The van der Waals surface area contributed by atoms with Crippen molar-refractivity contribution in [2.45, 2.75) is 59.3 Å². The molecule has 5 nitrogen and oxygen atoms in total. The van der Waals surface area contributed by atoms with E-state index in [9.17, 15) is 0 Å². The van der Waals surface area contributed by atoms with Gasteiger partial charge in [-0.05, 0) is 100 Å². The van der Waals surface area contributed by atoms with Gasteiger partial charge in [-0.15, -0.1) is 0 Å². The third-order valence-electron chi connectivity index (χ3n) is 10.2. The van der Waals surface area contributed by atoms with Gasteiger partial charge in [-0.2, -0.15) is 0 Å². The average molecular weight is 674 g/mol. The Kier molecular flexibility index (Phi) is 7.43. The Labute approximate surface area is 306 Å². The fourth-order valence-corrected chi connectivity index (χ4v) is 7.53. The number of pyridine rings is 1. The first-order valence-corrected chi connectivity index (χ1v) is 18.0. The van der Waals surface area contributed by atoms with Crippen LogP contribution in [0, 0.1) is 0 Å². The number of anilines is 3. The molecule has 1 aliphatic rings. The summed E-state index contributed by atoms with van der Waals surface area (Å²) >= 11 is 0. The highest BCUT2D eigenvalue weighted by Crippen LogP contribution is 2.43. The summed E-state index contributed by atoms with van der Waals surface area (Å²) in [7, 11) is 0.